The average molecular weight is 294 g/mol. The molecular formula is C12H18N6OS. The molecule has 0 radical (unpaired) electrons. The van der Waals surface area contributed by atoms with Crippen molar-refractivity contribution >= 4 is 28.8 Å². The molecule has 0 saturated heterocycles. The summed E-state index contributed by atoms with van der Waals surface area (Å²) in [5, 5.41) is 3.99. The van der Waals surface area contributed by atoms with Crippen LogP contribution >= 0.6 is 11.8 Å². The standard InChI is InChI=1S/C12H18N6OS/c1-7(2)18-8(10(13)19)3-4-20-12-9-11(15-5-14-9)16-6-17-12/h5-8,18H,3-4H2,1-2H3,(H2,13,19)(H,14,15,16,17). The van der Waals surface area contributed by atoms with Gasteiger partial charge >= 0.3 is 0 Å². The number of nitrogens with one attached hydrogen (secondary N) is 2. The van der Waals surface area contributed by atoms with Gasteiger partial charge in [0.05, 0.1) is 12.4 Å². The van der Waals surface area contributed by atoms with Gasteiger partial charge in [0.2, 0.25) is 5.91 Å². The Labute approximate surface area is 121 Å². The lowest BCUT2D eigenvalue weighted by Gasteiger charge is -2.17. The summed E-state index contributed by atoms with van der Waals surface area (Å²) >= 11 is 1.56. The number of carbonyl (C=O) groups excluding carboxylic acids is 1. The van der Waals surface area contributed by atoms with Gasteiger partial charge < -0.3 is 16.0 Å². The molecule has 0 aromatic carbocycles. The van der Waals surface area contributed by atoms with Crippen LogP contribution in [0.1, 0.15) is 20.3 Å². The van der Waals surface area contributed by atoms with E-state index >= 15 is 0 Å². The molecule has 0 fully saturated rings. The van der Waals surface area contributed by atoms with Crippen LogP contribution in [0.15, 0.2) is 17.7 Å². The van der Waals surface area contributed by atoms with Gasteiger partial charge in [0, 0.05) is 11.8 Å². The summed E-state index contributed by atoms with van der Waals surface area (Å²) in [6.45, 7) is 3.98. The number of aromatic amines is 1. The summed E-state index contributed by atoms with van der Waals surface area (Å²) in [5.41, 5.74) is 6.86. The largest absolute Gasteiger partial charge is 0.368 e. The van der Waals surface area contributed by atoms with E-state index in [-0.39, 0.29) is 18.0 Å². The van der Waals surface area contributed by atoms with Crippen LogP contribution in [-0.2, 0) is 4.79 Å². The van der Waals surface area contributed by atoms with E-state index in [0.29, 0.717) is 12.1 Å². The molecule has 2 aromatic rings. The zero-order valence-corrected chi connectivity index (χ0v) is 12.3. The third kappa shape index (κ3) is 3.67. The van der Waals surface area contributed by atoms with Gasteiger partial charge in [0.15, 0.2) is 5.65 Å². The number of amides is 1. The minimum absolute atomic E-state index is 0.218. The monoisotopic (exact) mass is 294 g/mol. The van der Waals surface area contributed by atoms with E-state index in [4.69, 9.17) is 5.73 Å². The van der Waals surface area contributed by atoms with Crippen LogP contribution in [0.2, 0.25) is 0 Å². The van der Waals surface area contributed by atoms with Crippen molar-refractivity contribution in [3.63, 3.8) is 0 Å². The van der Waals surface area contributed by atoms with Crippen molar-refractivity contribution in [1.29, 1.82) is 0 Å². The number of nitrogens with zero attached hydrogens (tertiary/aromatic N) is 3. The summed E-state index contributed by atoms with van der Waals surface area (Å²) in [5.74, 6) is 0.409. The SMILES string of the molecule is CC(C)NC(CCSc1ncnc2nc[nH]c12)C(N)=O. The molecule has 1 amide bonds. The quantitative estimate of drug-likeness (QED) is 0.512. The summed E-state index contributed by atoms with van der Waals surface area (Å²) in [4.78, 5) is 26.7. The second-order valence-electron chi connectivity index (χ2n) is 4.69. The molecule has 2 heterocycles. The number of carbonyl (C=O) groups is 1. The minimum atomic E-state index is -0.325. The van der Waals surface area contributed by atoms with Crippen molar-refractivity contribution in [2.45, 2.75) is 37.4 Å². The highest BCUT2D eigenvalue weighted by molar-refractivity contribution is 7.99. The molecule has 4 N–H and O–H groups in total. The van der Waals surface area contributed by atoms with Gasteiger partial charge in [0.1, 0.15) is 16.9 Å². The van der Waals surface area contributed by atoms with E-state index in [9.17, 15) is 4.79 Å². The first-order valence-corrected chi connectivity index (χ1v) is 7.38. The summed E-state index contributed by atoms with van der Waals surface area (Å²) in [6.07, 6.45) is 3.73. The van der Waals surface area contributed by atoms with Crippen LogP contribution in [0.3, 0.4) is 0 Å². The number of hydrogen-bond donors (Lipinski definition) is 3. The van der Waals surface area contributed by atoms with E-state index < -0.39 is 0 Å². The highest BCUT2D eigenvalue weighted by Gasteiger charge is 2.16. The first-order chi connectivity index (χ1) is 9.58. The second-order valence-corrected chi connectivity index (χ2v) is 5.78. The van der Waals surface area contributed by atoms with Crippen molar-refractivity contribution in [3.8, 4) is 0 Å². The van der Waals surface area contributed by atoms with Crippen LogP contribution in [0, 0.1) is 0 Å². The van der Waals surface area contributed by atoms with Gasteiger partial charge in [-0.2, -0.15) is 0 Å². The second kappa shape index (κ2) is 6.67. The number of hydrogen-bond acceptors (Lipinski definition) is 6. The normalized spacial score (nSPS) is 12.9. The molecule has 0 saturated carbocycles. The third-order valence-corrected chi connectivity index (χ3v) is 3.73. The van der Waals surface area contributed by atoms with Gasteiger partial charge in [-0.15, -0.1) is 11.8 Å². The number of fused-ring (bicyclic) bond motifs is 1. The van der Waals surface area contributed by atoms with Crippen LogP contribution in [0.5, 0.6) is 0 Å². The first-order valence-electron chi connectivity index (χ1n) is 6.40. The molecule has 7 nitrogen and oxygen atoms in total. The minimum Gasteiger partial charge on any atom is -0.368 e. The Balaban J connectivity index is 1.94. The van der Waals surface area contributed by atoms with Crippen LogP contribution < -0.4 is 11.1 Å². The van der Waals surface area contributed by atoms with E-state index in [1.807, 2.05) is 13.8 Å². The number of primary amides is 1. The smallest absolute Gasteiger partial charge is 0.234 e. The van der Waals surface area contributed by atoms with Gasteiger partial charge in [-0.25, -0.2) is 15.0 Å². The Kier molecular flexibility index (Phi) is 4.91. The van der Waals surface area contributed by atoms with Crippen LogP contribution in [0.25, 0.3) is 11.2 Å². The Morgan fingerprint density at radius 1 is 1.45 bits per heavy atom. The van der Waals surface area contributed by atoms with Crippen molar-refractivity contribution < 1.29 is 4.79 Å². The Morgan fingerprint density at radius 2 is 2.25 bits per heavy atom. The molecule has 0 aliphatic carbocycles. The fraction of sp³-hybridized carbons (Fsp3) is 0.500. The average Bonchev–Trinajstić information content (AvgIpc) is 2.86. The first kappa shape index (κ1) is 14.7. The maximum atomic E-state index is 11.4. The molecule has 20 heavy (non-hydrogen) atoms. The molecule has 2 rings (SSSR count). The van der Waals surface area contributed by atoms with E-state index in [0.717, 1.165) is 16.3 Å². The molecule has 1 atom stereocenters. The molecule has 8 heteroatoms. The molecule has 0 aliphatic rings. The Morgan fingerprint density at radius 3 is 2.95 bits per heavy atom. The van der Waals surface area contributed by atoms with E-state index in [1.54, 1.807) is 18.1 Å². The number of aromatic nitrogens is 4. The Hall–Kier alpha value is -1.67. The zero-order valence-electron chi connectivity index (χ0n) is 11.5. The topological polar surface area (TPSA) is 110 Å². The molecule has 1 unspecified atom stereocenters. The summed E-state index contributed by atoms with van der Waals surface area (Å²) in [6, 6.07) is -0.0996. The lowest BCUT2D eigenvalue weighted by atomic mass is 10.2. The van der Waals surface area contributed by atoms with Crippen LogP contribution in [0.4, 0.5) is 0 Å². The van der Waals surface area contributed by atoms with Crippen molar-refractivity contribution in [3.05, 3.63) is 12.7 Å². The zero-order chi connectivity index (χ0) is 14.5. The molecule has 0 spiro atoms. The Bertz CT molecular complexity index is 584. The number of thioether (sulfide) groups is 1. The maximum absolute atomic E-state index is 11.4. The highest BCUT2D eigenvalue weighted by Crippen LogP contribution is 2.22. The summed E-state index contributed by atoms with van der Waals surface area (Å²) in [7, 11) is 0. The van der Waals surface area contributed by atoms with Gasteiger partial charge in [-0.1, -0.05) is 13.8 Å². The van der Waals surface area contributed by atoms with Gasteiger partial charge in [-0.05, 0) is 6.42 Å². The predicted octanol–water partition coefficient (Wildman–Crippen LogP) is 0.687. The number of H-pyrrole nitrogens is 1. The number of nitrogens with two attached hydrogens (primary N) is 1. The van der Waals surface area contributed by atoms with Gasteiger partial charge in [0.25, 0.3) is 0 Å². The lowest BCUT2D eigenvalue weighted by Crippen LogP contribution is -2.44. The van der Waals surface area contributed by atoms with Crippen LogP contribution in [-0.4, -0.2) is 43.7 Å². The van der Waals surface area contributed by atoms with E-state index in [2.05, 4.69) is 25.3 Å². The van der Waals surface area contributed by atoms with E-state index in [1.165, 1.54) is 6.33 Å². The highest BCUT2D eigenvalue weighted by atomic mass is 32.2. The number of rotatable bonds is 7. The molecule has 108 valence electrons. The fourth-order valence-corrected chi connectivity index (χ4v) is 2.80. The molecular weight excluding hydrogens is 276 g/mol. The number of imidazole rings is 1. The molecule has 0 aliphatic heterocycles. The fourth-order valence-electron chi connectivity index (χ4n) is 1.84. The summed E-state index contributed by atoms with van der Waals surface area (Å²) < 4.78 is 0. The molecule has 0 bridgehead atoms. The van der Waals surface area contributed by atoms with Crippen molar-refractivity contribution in [1.82, 2.24) is 25.3 Å². The molecule has 2 aromatic heterocycles. The van der Waals surface area contributed by atoms with Crippen molar-refractivity contribution in [2.75, 3.05) is 5.75 Å². The third-order valence-electron chi connectivity index (χ3n) is 2.71. The maximum Gasteiger partial charge on any atom is 0.234 e. The van der Waals surface area contributed by atoms with Crippen molar-refractivity contribution in [2.24, 2.45) is 5.73 Å². The van der Waals surface area contributed by atoms with Gasteiger partial charge in [-0.3, -0.25) is 4.79 Å². The lowest BCUT2D eigenvalue weighted by molar-refractivity contribution is -0.120. The predicted molar refractivity (Wildman–Crippen MR) is 78.3 cm³/mol.